The van der Waals surface area contributed by atoms with Crippen molar-refractivity contribution in [1.29, 1.82) is 0 Å². The summed E-state index contributed by atoms with van der Waals surface area (Å²) in [4.78, 5) is 14.6. The summed E-state index contributed by atoms with van der Waals surface area (Å²) >= 11 is 5.09. The maximum absolute atomic E-state index is 12.8. The molecule has 5 heteroatoms. The summed E-state index contributed by atoms with van der Waals surface area (Å²) in [5.74, 6) is -0.215. The summed E-state index contributed by atoms with van der Waals surface area (Å²) in [6.07, 6.45) is 1.92. The van der Waals surface area contributed by atoms with Crippen LogP contribution in [0.2, 0.25) is 0 Å². The number of carbonyl (C=O) groups is 1. The predicted molar refractivity (Wildman–Crippen MR) is 80.8 cm³/mol. The van der Waals surface area contributed by atoms with E-state index in [4.69, 9.17) is 18.0 Å². The smallest absolute Gasteiger partial charge is 0.226 e. The first-order valence-electron chi connectivity index (χ1n) is 6.73. The molecule has 20 heavy (non-hydrogen) atoms. The quantitative estimate of drug-likeness (QED) is 0.870. The minimum atomic E-state index is -0.286. The van der Waals surface area contributed by atoms with Gasteiger partial charge in [0, 0.05) is 18.5 Å². The van der Waals surface area contributed by atoms with Gasteiger partial charge in [0.15, 0.2) is 0 Å². The molecule has 0 atom stereocenters. The van der Waals surface area contributed by atoms with Crippen molar-refractivity contribution in [3.63, 3.8) is 0 Å². The van der Waals surface area contributed by atoms with E-state index in [0.717, 1.165) is 18.4 Å². The minimum absolute atomic E-state index is 0.0709. The van der Waals surface area contributed by atoms with Crippen molar-refractivity contribution < 1.29 is 9.18 Å². The Kier molecular flexibility index (Phi) is 4.38. The van der Waals surface area contributed by atoms with E-state index in [1.54, 1.807) is 12.1 Å². The molecule has 0 saturated carbocycles. The van der Waals surface area contributed by atoms with E-state index in [1.807, 2.05) is 4.90 Å². The van der Waals surface area contributed by atoms with Crippen molar-refractivity contribution >= 4 is 23.1 Å². The monoisotopic (exact) mass is 294 g/mol. The zero-order valence-electron chi connectivity index (χ0n) is 11.6. The lowest BCUT2D eigenvalue weighted by atomic mass is 9.80. The lowest BCUT2D eigenvalue weighted by Gasteiger charge is -2.38. The number of likely N-dealkylation sites (tertiary alicyclic amines) is 1. The first-order valence-corrected chi connectivity index (χ1v) is 7.14. The Labute approximate surface area is 123 Å². The third kappa shape index (κ3) is 3.33. The number of benzene rings is 1. The molecule has 1 heterocycles. The maximum atomic E-state index is 12.8. The van der Waals surface area contributed by atoms with E-state index in [2.05, 4.69) is 6.92 Å². The molecule has 3 nitrogen and oxygen atoms in total. The van der Waals surface area contributed by atoms with Gasteiger partial charge in [0.05, 0.1) is 11.4 Å². The van der Waals surface area contributed by atoms with Crippen LogP contribution < -0.4 is 5.73 Å². The fourth-order valence-corrected chi connectivity index (χ4v) is 2.59. The van der Waals surface area contributed by atoms with Gasteiger partial charge in [-0.25, -0.2) is 4.39 Å². The van der Waals surface area contributed by atoms with E-state index in [1.165, 1.54) is 12.1 Å². The number of rotatable bonds is 3. The lowest BCUT2D eigenvalue weighted by Crippen LogP contribution is -2.47. The number of halogens is 1. The molecule has 1 aromatic carbocycles. The highest BCUT2D eigenvalue weighted by molar-refractivity contribution is 7.80. The summed E-state index contributed by atoms with van der Waals surface area (Å²) in [6, 6.07) is 6.05. The highest BCUT2D eigenvalue weighted by atomic mass is 32.1. The van der Waals surface area contributed by atoms with Crippen LogP contribution in [0.1, 0.15) is 25.3 Å². The molecule has 2 rings (SSSR count). The normalized spacial score (nSPS) is 17.8. The van der Waals surface area contributed by atoms with Gasteiger partial charge in [0.25, 0.3) is 0 Å². The fourth-order valence-electron chi connectivity index (χ4n) is 2.38. The van der Waals surface area contributed by atoms with Crippen molar-refractivity contribution in [2.45, 2.75) is 26.2 Å². The van der Waals surface area contributed by atoms with Gasteiger partial charge in [-0.1, -0.05) is 31.3 Å². The van der Waals surface area contributed by atoms with Gasteiger partial charge >= 0.3 is 0 Å². The summed E-state index contributed by atoms with van der Waals surface area (Å²) in [6.45, 7) is 3.40. The molecule has 1 aliphatic rings. The molecule has 0 aromatic heterocycles. The highest BCUT2D eigenvalue weighted by Crippen LogP contribution is 2.31. The Morgan fingerprint density at radius 1 is 1.35 bits per heavy atom. The Morgan fingerprint density at radius 3 is 2.40 bits per heavy atom. The van der Waals surface area contributed by atoms with Crippen LogP contribution in [0, 0.1) is 11.2 Å². The zero-order valence-corrected chi connectivity index (χ0v) is 12.4. The van der Waals surface area contributed by atoms with Crippen LogP contribution >= 0.6 is 12.2 Å². The Balaban J connectivity index is 1.92. The molecular formula is C15H19FN2OS. The number of nitrogens with zero attached hydrogens (tertiary/aromatic N) is 1. The van der Waals surface area contributed by atoms with Crippen LogP contribution in [0.3, 0.4) is 0 Å². The Morgan fingerprint density at radius 2 is 1.90 bits per heavy atom. The summed E-state index contributed by atoms with van der Waals surface area (Å²) in [5.41, 5.74) is 6.45. The SMILES string of the molecule is CC1(C(N)=S)CCN(C(=O)Cc2ccc(F)cc2)CC1. The van der Waals surface area contributed by atoms with E-state index in [0.29, 0.717) is 24.5 Å². The number of nitrogens with two attached hydrogens (primary N) is 1. The van der Waals surface area contributed by atoms with E-state index in [9.17, 15) is 9.18 Å². The molecule has 1 amide bonds. The van der Waals surface area contributed by atoms with Crippen molar-refractivity contribution in [1.82, 2.24) is 4.90 Å². The van der Waals surface area contributed by atoms with Crippen LogP contribution in [0.25, 0.3) is 0 Å². The number of amides is 1. The molecule has 2 N–H and O–H groups in total. The number of hydrogen-bond donors (Lipinski definition) is 1. The van der Waals surface area contributed by atoms with E-state index in [-0.39, 0.29) is 17.1 Å². The molecule has 0 unspecified atom stereocenters. The second kappa shape index (κ2) is 5.87. The van der Waals surface area contributed by atoms with Crippen molar-refractivity contribution in [2.24, 2.45) is 11.1 Å². The van der Waals surface area contributed by atoms with Gasteiger partial charge < -0.3 is 10.6 Å². The molecular weight excluding hydrogens is 275 g/mol. The third-order valence-corrected chi connectivity index (χ3v) is 4.58. The maximum Gasteiger partial charge on any atom is 0.226 e. The minimum Gasteiger partial charge on any atom is -0.393 e. The molecule has 0 aliphatic carbocycles. The number of piperidine rings is 1. The van der Waals surface area contributed by atoms with Gasteiger partial charge in [0.1, 0.15) is 5.82 Å². The van der Waals surface area contributed by atoms with Crippen LogP contribution in [-0.2, 0) is 11.2 Å². The van der Waals surface area contributed by atoms with Crippen LogP contribution in [-0.4, -0.2) is 28.9 Å². The molecule has 1 fully saturated rings. The van der Waals surface area contributed by atoms with Gasteiger partial charge in [-0.2, -0.15) is 0 Å². The average molecular weight is 294 g/mol. The van der Waals surface area contributed by atoms with Gasteiger partial charge in [-0.3, -0.25) is 4.79 Å². The van der Waals surface area contributed by atoms with Gasteiger partial charge in [0.2, 0.25) is 5.91 Å². The first-order chi connectivity index (χ1) is 9.40. The van der Waals surface area contributed by atoms with Crippen LogP contribution in [0.4, 0.5) is 4.39 Å². The topological polar surface area (TPSA) is 46.3 Å². The zero-order chi connectivity index (χ0) is 14.8. The second-order valence-electron chi connectivity index (χ2n) is 5.61. The number of hydrogen-bond acceptors (Lipinski definition) is 2. The molecule has 0 radical (unpaired) electrons. The standard InChI is InChI=1S/C15H19FN2OS/c1-15(14(17)20)6-8-18(9-7-15)13(19)10-11-2-4-12(16)5-3-11/h2-5H,6-10H2,1H3,(H2,17,20). The molecule has 1 saturated heterocycles. The number of carbonyl (C=O) groups excluding carboxylic acids is 1. The molecule has 1 aromatic rings. The lowest BCUT2D eigenvalue weighted by molar-refractivity contribution is -0.132. The van der Waals surface area contributed by atoms with E-state index >= 15 is 0 Å². The van der Waals surface area contributed by atoms with Gasteiger partial charge in [-0.15, -0.1) is 0 Å². The summed E-state index contributed by atoms with van der Waals surface area (Å²) in [5, 5.41) is 0. The largest absolute Gasteiger partial charge is 0.393 e. The highest BCUT2D eigenvalue weighted by Gasteiger charge is 2.33. The van der Waals surface area contributed by atoms with Crippen molar-refractivity contribution in [2.75, 3.05) is 13.1 Å². The number of thiocarbonyl (C=S) groups is 1. The van der Waals surface area contributed by atoms with Crippen LogP contribution in [0.5, 0.6) is 0 Å². The summed E-state index contributed by atoms with van der Waals surface area (Å²) < 4.78 is 12.8. The Bertz CT molecular complexity index is 507. The first kappa shape index (κ1) is 14.9. The van der Waals surface area contributed by atoms with Crippen molar-refractivity contribution in [3.05, 3.63) is 35.6 Å². The van der Waals surface area contributed by atoms with Gasteiger partial charge in [-0.05, 0) is 30.5 Å². The second-order valence-corrected chi connectivity index (χ2v) is 6.05. The Hall–Kier alpha value is -1.49. The molecule has 0 spiro atoms. The molecule has 108 valence electrons. The van der Waals surface area contributed by atoms with Crippen LogP contribution in [0.15, 0.2) is 24.3 Å². The predicted octanol–water partition coefficient (Wildman–Crippen LogP) is 2.28. The molecule has 1 aliphatic heterocycles. The third-order valence-electron chi connectivity index (χ3n) is 4.08. The van der Waals surface area contributed by atoms with Crippen molar-refractivity contribution in [3.8, 4) is 0 Å². The van der Waals surface area contributed by atoms with E-state index < -0.39 is 0 Å². The summed E-state index contributed by atoms with van der Waals surface area (Å²) in [7, 11) is 0. The fraction of sp³-hybridized carbons (Fsp3) is 0.467. The average Bonchev–Trinajstić information content (AvgIpc) is 2.42. The molecule has 0 bridgehead atoms.